The normalized spacial score (nSPS) is 41.9. The van der Waals surface area contributed by atoms with E-state index in [1.807, 2.05) is 0 Å². The summed E-state index contributed by atoms with van der Waals surface area (Å²) in [5.41, 5.74) is 0. The SMILES string of the molecule is CC(NCC1CC1)C1CC2C=CC1C2. The maximum absolute atomic E-state index is 3.74. The Morgan fingerprint density at radius 2 is 2.14 bits per heavy atom. The molecule has 1 heteroatoms. The summed E-state index contributed by atoms with van der Waals surface area (Å²) < 4.78 is 0. The molecule has 4 unspecified atom stereocenters. The molecule has 0 amide bonds. The molecule has 0 radical (unpaired) electrons. The van der Waals surface area contributed by atoms with Gasteiger partial charge in [0.2, 0.25) is 0 Å². The van der Waals surface area contributed by atoms with Gasteiger partial charge in [0, 0.05) is 6.04 Å². The van der Waals surface area contributed by atoms with Crippen LogP contribution < -0.4 is 5.32 Å². The van der Waals surface area contributed by atoms with Gasteiger partial charge in [-0.05, 0) is 62.8 Å². The van der Waals surface area contributed by atoms with Crippen LogP contribution in [0.5, 0.6) is 0 Å². The highest BCUT2D eigenvalue weighted by Gasteiger charge is 2.38. The monoisotopic (exact) mass is 191 g/mol. The molecular weight excluding hydrogens is 170 g/mol. The van der Waals surface area contributed by atoms with Gasteiger partial charge in [0.1, 0.15) is 0 Å². The summed E-state index contributed by atoms with van der Waals surface area (Å²) in [5, 5.41) is 3.74. The van der Waals surface area contributed by atoms with Crippen LogP contribution in [0.3, 0.4) is 0 Å². The van der Waals surface area contributed by atoms with E-state index < -0.39 is 0 Å². The molecule has 14 heavy (non-hydrogen) atoms. The molecule has 3 rings (SSSR count). The van der Waals surface area contributed by atoms with Crippen LogP contribution in [-0.2, 0) is 0 Å². The zero-order valence-electron chi connectivity index (χ0n) is 9.08. The topological polar surface area (TPSA) is 12.0 Å². The summed E-state index contributed by atoms with van der Waals surface area (Å²) in [6.07, 6.45) is 10.7. The molecule has 2 fully saturated rings. The molecule has 2 bridgehead atoms. The summed E-state index contributed by atoms with van der Waals surface area (Å²) in [7, 11) is 0. The van der Waals surface area contributed by atoms with Crippen molar-refractivity contribution in [3.8, 4) is 0 Å². The number of hydrogen-bond donors (Lipinski definition) is 1. The zero-order chi connectivity index (χ0) is 9.54. The molecule has 0 aromatic carbocycles. The van der Waals surface area contributed by atoms with Gasteiger partial charge in [-0.1, -0.05) is 12.2 Å². The second kappa shape index (κ2) is 3.37. The Balaban J connectivity index is 1.51. The van der Waals surface area contributed by atoms with Crippen molar-refractivity contribution in [2.24, 2.45) is 23.7 Å². The van der Waals surface area contributed by atoms with Gasteiger partial charge in [0.05, 0.1) is 0 Å². The van der Waals surface area contributed by atoms with Crippen molar-refractivity contribution in [1.82, 2.24) is 5.32 Å². The summed E-state index contributed by atoms with van der Waals surface area (Å²) in [4.78, 5) is 0. The lowest BCUT2D eigenvalue weighted by molar-refractivity contribution is 0.325. The predicted molar refractivity (Wildman–Crippen MR) is 59.0 cm³/mol. The van der Waals surface area contributed by atoms with E-state index in [0.29, 0.717) is 0 Å². The average Bonchev–Trinajstić information content (AvgIpc) is 2.79. The minimum absolute atomic E-state index is 0.746. The van der Waals surface area contributed by atoms with E-state index in [2.05, 4.69) is 24.4 Å². The first-order valence-electron chi connectivity index (χ1n) is 6.24. The molecule has 0 aliphatic heterocycles. The van der Waals surface area contributed by atoms with Crippen molar-refractivity contribution >= 4 is 0 Å². The highest BCUT2D eigenvalue weighted by atomic mass is 14.9. The molecule has 0 spiro atoms. The maximum Gasteiger partial charge on any atom is 0.00729 e. The Kier molecular flexibility index (Phi) is 2.16. The van der Waals surface area contributed by atoms with Crippen LogP contribution in [0.15, 0.2) is 12.2 Å². The molecule has 4 atom stereocenters. The van der Waals surface area contributed by atoms with Gasteiger partial charge < -0.3 is 5.32 Å². The third kappa shape index (κ3) is 1.63. The number of rotatable bonds is 4. The van der Waals surface area contributed by atoms with Crippen LogP contribution in [-0.4, -0.2) is 12.6 Å². The lowest BCUT2D eigenvalue weighted by Crippen LogP contribution is -2.36. The summed E-state index contributed by atoms with van der Waals surface area (Å²) in [6, 6.07) is 0.746. The van der Waals surface area contributed by atoms with Gasteiger partial charge in [-0.2, -0.15) is 0 Å². The molecule has 3 aliphatic carbocycles. The molecule has 0 heterocycles. The van der Waals surface area contributed by atoms with Crippen LogP contribution in [0.2, 0.25) is 0 Å². The van der Waals surface area contributed by atoms with Crippen LogP contribution >= 0.6 is 0 Å². The molecule has 0 aromatic heterocycles. The van der Waals surface area contributed by atoms with Crippen molar-refractivity contribution < 1.29 is 0 Å². The van der Waals surface area contributed by atoms with Crippen molar-refractivity contribution in [3.05, 3.63) is 12.2 Å². The predicted octanol–water partition coefficient (Wildman–Crippen LogP) is 2.59. The van der Waals surface area contributed by atoms with Gasteiger partial charge in [0.15, 0.2) is 0 Å². The average molecular weight is 191 g/mol. The fraction of sp³-hybridized carbons (Fsp3) is 0.846. The lowest BCUT2D eigenvalue weighted by atomic mass is 9.87. The lowest BCUT2D eigenvalue weighted by Gasteiger charge is -2.26. The van der Waals surface area contributed by atoms with Crippen molar-refractivity contribution in [3.63, 3.8) is 0 Å². The van der Waals surface area contributed by atoms with Crippen molar-refractivity contribution in [2.75, 3.05) is 6.54 Å². The third-order valence-corrected chi connectivity index (χ3v) is 4.40. The van der Waals surface area contributed by atoms with Gasteiger partial charge >= 0.3 is 0 Å². The van der Waals surface area contributed by atoms with Gasteiger partial charge in [-0.25, -0.2) is 0 Å². The van der Waals surface area contributed by atoms with Crippen LogP contribution in [0.1, 0.15) is 32.6 Å². The Labute approximate surface area is 87.0 Å². The fourth-order valence-corrected chi connectivity index (χ4v) is 3.22. The second-order valence-corrected chi connectivity index (χ2v) is 5.58. The number of fused-ring (bicyclic) bond motifs is 2. The smallest absolute Gasteiger partial charge is 0.00729 e. The van der Waals surface area contributed by atoms with E-state index >= 15 is 0 Å². The van der Waals surface area contributed by atoms with Gasteiger partial charge in [-0.3, -0.25) is 0 Å². The van der Waals surface area contributed by atoms with Gasteiger partial charge in [0.25, 0.3) is 0 Å². The molecule has 1 nitrogen and oxygen atoms in total. The van der Waals surface area contributed by atoms with E-state index in [4.69, 9.17) is 0 Å². The van der Waals surface area contributed by atoms with Crippen LogP contribution in [0.25, 0.3) is 0 Å². The van der Waals surface area contributed by atoms with Gasteiger partial charge in [-0.15, -0.1) is 0 Å². The van der Waals surface area contributed by atoms with Crippen molar-refractivity contribution in [2.45, 2.75) is 38.6 Å². The number of nitrogens with one attached hydrogen (secondary N) is 1. The molecule has 1 N–H and O–H groups in total. The molecule has 3 aliphatic rings. The molecule has 78 valence electrons. The minimum atomic E-state index is 0.746. The van der Waals surface area contributed by atoms with E-state index in [9.17, 15) is 0 Å². The van der Waals surface area contributed by atoms with E-state index in [0.717, 1.165) is 29.7 Å². The first-order valence-corrected chi connectivity index (χ1v) is 6.24. The zero-order valence-corrected chi connectivity index (χ0v) is 9.08. The fourth-order valence-electron chi connectivity index (χ4n) is 3.22. The van der Waals surface area contributed by atoms with E-state index in [-0.39, 0.29) is 0 Å². The standard InChI is InChI=1S/C13H21N/c1-9(14-8-10-2-3-10)13-7-11-4-5-12(13)6-11/h4-5,9-14H,2-3,6-8H2,1H3. The minimum Gasteiger partial charge on any atom is -0.314 e. The second-order valence-electron chi connectivity index (χ2n) is 5.58. The van der Waals surface area contributed by atoms with Crippen LogP contribution in [0.4, 0.5) is 0 Å². The van der Waals surface area contributed by atoms with E-state index in [1.165, 1.54) is 32.2 Å². The highest BCUT2D eigenvalue weighted by Crippen LogP contribution is 2.44. The molecule has 2 saturated carbocycles. The first-order chi connectivity index (χ1) is 6.83. The summed E-state index contributed by atoms with van der Waals surface area (Å²) in [5.74, 6) is 3.78. The first kappa shape index (κ1) is 8.96. The third-order valence-electron chi connectivity index (χ3n) is 4.40. The quantitative estimate of drug-likeness (QED) is 0.673. The van der Waals surface area contributed by atoms with E-state index in [1.54, 1.807) is 0 Å². The molecule has 0 saturated heterocycles. The van der Waals surface area contributed by atoms with Crippen LogP contribution in [0, 0.1) is 23.7 Å². The number of hydrogen-bond acceptors (Lipinski definition) is 1. The Morgan fingerprint density at radius 3 is 2.71 bits per heavy atom. The Bertz CT molecular complexity index is 242. The Morgan fingerprint density at radius 1 is 1.29 bits per heavy atom. The molecular formula is C13H21N. The molecule has 0 aromatic rings. The maximum atomic E-state index is 3.74. The summed E-state index contributed by atoms with van der Waals surface area (Å²) >= 11 is 0. The Hall–Kier alpha value is -0.300. The largest absolute Gasteiger partial charge is 0.314 e. The number of allylic oxidation sites excluding steroid dienone is 2. The summed E-state index contributed by atoms with van der Waals surface area (Å²) in [6.45, 7) is 3.67. The van der Waals surface area contributed by atoms with Crippen molar-refractivity contribution in [1.29, 1.82) is 0 Å². The highest BCUT2D eigenvalue weighted by molar-refractivity contribution is 5.11.